The lowest BCUT2D eigenvalue weighted by atomic mass is 10.2. The molecule has 9 heteroatoms. The second kappa shape index (κ2) is 7.84. The third kappa shape index (κ3) is 4.59. The van der Waals surface area contributed by atoms with Crippen LogP contribution in [0.1, 0.15) is 45.1 Å². The Morgan fingerprint density at radius 3 is 2.52 bits per heavy atom. The number of sulfonamides is 1. The zero-order chi connectivity index (χ0) is 18.8. The highest BCUT2D eigenvalue weighted by molar-refractivity contribution is 9.10. The predicted octanol–water partition coefficient (Wildman–Crippen LogP) is 3.20. The van der Waals surface area contributed by atoms with Gasteiger partial charge < -0.3 is 4.74 Å². The maximum absolute atomic E-state index is 12.6. The van der Waals surface area contributed by atoms with Crippen LogP contribution < -0.4 is 9.46 Å². The predicted molar refractivity (Wildman–Crippen MR) is 99.1 cm³/mol. The van der Waals surface area contributed by atoms with Gasteiger partial charge in [-0.2, -0.15) is 0 Å². The average Bonchev–Trinajstić information content (AvgIpc) is 2.91. The van der Waals surface area contributed by atoms with Crippen LogP contribution in [-0.4, -0.2) is 29.3 Å². The summed E-state index contributed by atoms with van der Waals surface area (Å²) < 4.78 is 36.2. The maximum Gasteiger partial charge on any atom is 0.317 e. The molecule has 0 unspecified atom stereocenters. The van der Waals surface area contributed by atoms with Crippen molar-refractivity contribution < 1.29 is 13.2 Å². The van der Waals surface area contributed by atoms with E-state index in [1.54, 1.807) is 29.7 Å². The molecule has 1 N–H and O–H groups in total. The van der Waals surface area contributed by atoms with Gasteiger partial charge in [-0.15, -0.1) is 5.10 Å². The molecular formula is C16H23BrN4O3S. The van der Waals surface area contributed by atoms with Crippen LogP contribution in [0.2, 0.25) is 0 Å². The summed E-state index contributed by atoms with van der Waals surface area (Å²) in [5.41, 5.74) is 0.847. The first-order chi connectivity index (χ1) is 11.7. The number of nitrogens with one attached hydrogen (secondary N) is 1. The van der Waals surface area contributed by atoms with E-state index in [9.17, 15) is 8.42 Å². The molecule has 7 nitrogen and oxygen atoms in total. The van der Waals surface area contributed by atoms with Crippen LogP contribution in [0.4, 0.5) is 0 Å². The molecule has 0 radical (unpaired) electrons. The van der Waals surface area contributed by atoms with Gasteiger partial charge in [0, 0.05) is 11.0 Å². The third-order valence-corrected chi connectivity index (χ3v) is 5.99. The lowest BCUT2D eigenvalue weighted by Gasteiger charge is -2.16. The van der Waals surface area contributed by atoms with E-state index in [1.807, 2.05) is 27.7 Å². The standard InChI is InChI=1S/C16H23BrN4O3S/c1-6-21-15(18-19-16(21)24-10(2)3)12(5)20-25(22,23)13-7-8-14(17)11(4)9-13/h7-10,12,20H,6H2,1-5H3/t12-/m1/s1. The normalized spacial score (nSPS) is 13.2. The van der Waals surface area contributed by atoms with Gasteiger partial charge in [-0.1, -0.05) is 21.0 Å². The molecule has 0 saturated heterocycles. The van der Waals surface area contributed by atoms with Crippen molar-refractivity contribution in [3.05, 3.63) is 34.1 Å². The van der Waals surface area contributed by atoms with Crippen molar-refractivity contribution >= 4 is 26.0 Å². The van der Waals surface area contributed by atoms with Gasteiger partial charge in [-0.05, 0) is 58.4 Å². The van der Waals surface area contributed by atoms with Crippen LogP contribution in [0.3, 0.4) is 0 Å². The summed E-state index contributed by atoms with van der Waals surface area (Å²) in [7, 11) is -3.68. The quantitative estimate of drug-likeness (QED) is 0.728. The number of nitrogens with zero attached hydrogens (tertiary/aromatic N) is 3. The molecule has 0 aliphatic heterocycles. The largest absolute Gasteiger partial charge is 0.461 e. The Balaban J connectivity index is 2.27. The number of rotatable bonds is 7. The highest BCUT2D eigenvalue weighted by atomic mass is 79.9. The Morgan fingerprint density at radius 2 is 1.96 bits per heavy atom. The van der Waals surface area contributed by atoms with Crippen molar-refractivity contribution in [2.75, 3.05) is 0 Å². The highest BCUT2D eigenvalue weighted by Gasteiger charge is 2.24. The molecule has 1 atom stereocenters. The first-order valence-electron chi connectivity index (χ1n) is 8.04. The maximum atomic E-state index is 12.6. The van der Waals surface area contributed by atoms with Gasteiger partial charge in [-0.3, -0.25) is 4.57 Å². The summed E-state index contributed by atoms with van der Waals surface area (Å²) in [6, 6.07) is 4.74. The fourth-order valence-corrected chi connectivity index (χ4v) is 3.89. The van der Waals surface area contributed by atoms with Crippen molar-refractivity contribution in [1.29, 1.82) is 0 Å². The molecule has 0 aliphatic rings. The van der Waals surface area contributed by atoms with E-state index < -0.39 is 16.1 Å². The lowest BCUT2D eigenvalue weighted by Crippen LogP contribution is -2.29. The number of ether oxygens (including phenoxy) is 1. The molecular weight excluding hydrogens is 408 g/mol. The summed E-state index contributed by atoms with van der Waals surface area (Å²) in [5, 5.41) is 8.13. The van der Waals surface area contributed by atoms with E-state index in [2.05, 4.69) is 30.8 Å². The van der Waals surface area contributed by atoms with Crippen LogP contribution in [0.15, 0.2) is 27.6 Å². The van der Waals surface area contributed by atoms with Gasteiger partial charge >= 0.3 is 6.01 Å². The van der Waals surface area contributed by atoms with E-state index >= 15 is 0 Å². The summed E-state index contributed by atoms with van der Waals surface area (Å²) >= 11 is 3.37. The van der Waals surface area contributed by atoms with Crippen LogP contribution >= 0.6 is 15.9 Å². The monoisotopic (exact) mass is 430 g/mol. The molecule has 1 aromatic carbocycles. The van der Waals surface area contributed by atoms with Gasteiger partial charge in [0.15, 0.2) is 5.82 Å². The van der Waals surface area contributed by atoms with E-state index in [-0.39, 0.29) is 11.0 Å². The summed E-state index contributed by atoms with van der Waals surface area (Å²) in [4.78, 5) is 0.210. The minimum Gasteiger partial charge on any atom is -0.461 e. The molecule has 2 aromatic rings. The first kappa shape index (κ1) is 19.9. The number of benzene rings is 1. The number of aromatic nitrogens is 3. The zero-order valence-corrected chi connectivity index (χ0v) is 17.3. The zero-order valence-electron chi connectivity index (χ0n) is 14.9. The van der Waals surface area contributed by atoms with E-state index in [0.29, 0.717) is 18.4 Å². The third-order valence-electron chi connectivity index (χ3n) is 3.56. The molecule has 1 aromatic heterocycles. The molecule has 0 fully saturated rings. The van der Waals surface area contributed by atoms with Gasteiger partial charge in [0.2, 0.25) is 10.0 Å². The van der Waals surface area contributed by atoms with Crippen LogP contribution in [-0.2, 0) is 16.6 Å². The molecule has 0 aliphatic carbocycles. The Hall–Kier alpha value is -1.45. The summed E-state index contributed by atoms with van der Waals surface area (Å²) in [6.45, 7) is 9.88. The average molecular weight is 431 g/mol. The molecule has 0 spiro atoms. The Kier molecular flexibility index (Phi) is 6.23. The Morgan fingerprint density at radius 1 is 1.28 bits per heavy atom. The highest BCUT2D eigenvalue weighted by Crippen LogP contribution is 2.23. The Labute approximate surface area is 157 Å². The second-order valence-electron chi connectivity index (χ2n) is 6.01. The van der Waals surface area contributed by atoms with Gasteiger partial charge in [0.05, 0.1) is 17.0 Å². The minimum absolute atomic E-state index is 0.0416. The van der Waals surface area contributed by atoms with Crippen LogP contribution in [0.25, 0.3) is 0 Å². The molecule has 138 valence electrons. The molecule has 0 amide bonds. The van der Waals surface area contributed by atoms with E-state index in [1.165, 1.54) is 0 Å². The fourth-order valence-electron chi connectivity index (χ4n) is 2.35. The van der Waals surface area contributed by atoms with Crippen molar-refractivity contribution in [2.24, 2.45) is 0 Å². The van der Waals surface area contributed by atoms with Gasteiger partial charge in [-0.25, -0.2) is 13.1 Å². The fraction of sp³-hybridized carbons (Fsp3) is 0.500. The molecule has 25 heavy (non-hydrogen) atoms. The summed E-state index contributed by atoms with van der Waals surface area (Å²) in [6.07, 6.45) is -0.0416. The van der Waals surface area contributed by atoms with Crippen molar-refractivity contribution in [3.8, 4) is 6.01 Å². The topological polar surface area (TPSA) is 86.1 Å². The van der Waals surface area contributed by atoms with Crippen LogP contribution in [0.5, 0.6) is 6.01 Å². The smallest absolute Gasteiger partial charge is 0.317 e. The number of hydrogen-bond donors (Lipinski definition) is 1. The van der Waals surface area contributed by atoms with Crippen molar-refractivity contribution in [2.45, 2.75) is 58.2 Å². The molecule has 1 heterocycles. The van der Waals surface area contributed by atoms with Crippen molar-refractivity contribution in [3.63, 3.8) is 0 Å². The van der Waals surface area contributed by atoms with Gasteiger partial charge in [0.1, 0.15) is 0 Å². The Bertz CT molecular complexity index is 849. The van der Waals surface area contributed by atoms with Gasteiger partial charge in [0.25, 0.3) is 0 Å². The summed E-state index contributed by atoms with van der Waals surface area (Å²) in [5.74, 6) is 0.510. The lowest BCUT2D eigenvalue weighted by molar-refractivity contribution is 0.211. The molecule has 2 rings (SSSR count). The van der Waals surface area contributed by atoms with E-state index in [4.69, 9.17) is 4.74 Å². The minimum atomic E-state index is -3.68. The SMILES string of the molecule is CCn1c(OC(C)C)nnc1[C@@H](C)NS(=O)(=O)c1ccc(Br)c(C)c1. The second-order valence-corrected chi connectivity index (χ2v) is 8.57. The van der Waals surface area contributed by atoms with Crippen molar-refractivity contribution in [1.82, 2.24) is 19.5 Å². The first-order valence-corrected chi connectivity index (χ1v) is 10.3. The van der Waals surface area contributed by atoms with Crippen LogP contribution in [0, 0.1) is 6.92 Å². The van der Waals surface area contributed by atoms with E-state index in [0.717, 1.165) is 10.0 Å². The number of aryl methyl sites for hydroxylation is 1. The molecule has 0 saturated carbocycles. The number of halogens is 1. The number of hydrogen-bond acceptors (Lipinski definition) is 5. The molecule has 0 bridgehead atoms.